The highest BCUT2D eigenvalue weighted by atomic mass is 32.2. The fourth-order valence-corrected chi connectivity index (χ4v) is 2.31. The molecule has 0 fully saturated rings. The summed E-state index contributed by atoms with van der Waals surface area (Å²) in [5.74, 6) is -1.18. The fraction of sp³-hybridized carbons (Fsp3) is 0.500. The average molecular weight is 333 g/mol. The predicted octanol–water partition coefficient (Wildman–Crippen LogP) is 0.888. The zero-order valence-corrected chi connectivity index (χ0v) is 13.9. The Balaban J connectivity index is 0.000000472. The van der Waals surface area contributed by atoms with E-state index in [1.165, 1.54) is 6.92 Å². The normalized spacial score (nSPS) is 14.0. The number of benzene rings is 1. The van der Waals surface area contributed by atoms with Crippen molar-refractivity contribution in [3.8, 4) is 0 Å². The Morgan fingerprint density at radius 2 is 1.64 bits per heavy atom. The van der Waals surface area contributed by atoms with E-state index in [1.807, 2.05) is 6.92 Å². The summed E-state index contributed by atoms with van der Waals surface area (Å²) >= 11 is 0. The molecule has 0 spiro atoms. The number of carboxylic acid groups (broad SMARTS) is 1. The third kappa shape index (κ3) is 7.51. The van der Waals surface area contributed by atoms with Crippen LogP contribution in [0.3, 0.4) is 0 Å². The molecule has 2 atom stereocenters. The van der Waals surface area contributed by atoms with Gasteiger partial charge in [0.05, 0.1) is 17.1 Å². The maximum atomic E-state index is 11.5. The molecule has 0 aliphatic carbocycles. The second-order valence-electron chi connectivity index (χ2n) is 5.02. The van der Waals surface area contributed by atoms with E-state index in [0.29, 0.717) is 0 Å². The fourth-order valence-electron chi connectivity index (χ4n) is 1.22. The average Bonchev–Trinajstić information content (AvgIpc) is 2.37. The van der Waals surface area contributed by atoms with E-state index in [0.717, 1.165) is 5.56 Å². The van der Waals surface area contributed by atoms with Crippen LogP contribution < -0.4 is 5.73 Å². The first-order chi connectivity index (χ1) is 9.97. The molecule has 7 nitrogen and oxygen atoms in total. The first-order valence-corrected chi connectivity index (χ1v) is 8.04. The molecule has 126 valence electrons. The van der Waals surface area contributed by atoms with E-state index in [-0.39, 0.29) is 11.0 Å². The van der Waals surface area contributed by atoms with Crippen LogP contribution in [0.25, 0.3) is 0 Å². The zero-order valence-electron chi connectivity index (χ0n) is 13.1. The smallest absolute Gasteiger partial charge is 0.323 e. The van der Waals surface area contributed by atoms with Crippen molar-refractivity contribution in [1.82, 2.24) is 0 Å². The first-order valence-electron chi connectivity index (χ1n) is 6.63. The van der Waals surface area contributed by atoms with Crippen molar-refractivity contribution < 1.29 is 27.6 Å². The number of nitrogens with two attached hydrogens (primary N) is 1. The number of aliphatic hydroxyl groups is 1. The number of aliphatic hydroxyl groups excluding tert-OH is 1. The van der Waals surface area contributed by atoms with Crippen LogP contribution in [0.15, 0.2) is 29.2 Å². The van der Waals surface area contributed by atoms with Gasteiger partial charge in [-0.15, -0.1) is 0 Å². The van der Waals surface area contributed by atoms with Crippen LogP contribution in [-0.4, -0.2) is 42.8 Å². The lowest BCUT2D eigenvalue weighted by atomic mass is 10.2. The minimum Gasteiger partial charge on any atom is -0.480 e. The van der Waals surface area contributed by atoms with Gasteiger partial charge >= 0.3 is 5.97 Å². The third-order valence-corrected chi connectivity index (χ3v) is 3.92. The second-order valence-corrected chi connectivity index (χ2v) is 6.59. The molecule has 0 saturated carbocycles. The molecule has 0 aromatic heterocycles. The van der Waals surface area contributed by atoms with Gasteiger partial charge in [-0.2, -0.15) is 8.42 Å². The number of rotatable bonds is 5. The molecule has 0 saturated heterocycles. The number of hydrogen-bond acceptors (Lipinski definition) is 6. The number of hydrogen-bond donors (Lipinski definition) is 3. The summed E-state index contributed by atoms with van der Waals surface area (Å²) in [6.45, 7) is 6.61. The van der Waals surface area contributed by atoms with Gasteiger partial charge in [-0.1, -0.05) is 17.7 Å². The molecule has 2 unspecified atom stereocenters. The van der Waals surface area contributed by atoms with Crippen molar-refractivity contribution in [2.75, 3.05) is 0 Å². The molecule has 1 aromatic rings. The first kappa shape index (κ1) is 20.5. The molecule has 0 amide bonds. The third-order valence-electron chi connectivity index (χ3n) is 2.43. The van der Waals surface area contributed by atoms with Crippen LogP contribution in [0.1, 0.15) is 26.3 Å². The standard InChI is InChI=1S/C10H14O3S.C4H9NO3/c1-8(2)13-14(11,12)10-6-4-9(3)5-7-10;1-2(6)3(5)4(7)8/h4-8H,1-3H3;2-3,6H,5H2,1H3,(H,7,8). The highest BCUT2D eigenvalue weighted by Gasteiger charge is 2.16. The maximum absolute atomic E-state index is 11.5. The monoisotopic (exact) mass is 333 g/mol. The Morgan fingerprint density at radius 1 is 1.18 bits per heavy atom. The van der Waals surface area contributed by atoms with Crippen LogP contribution in [0.2, 0.25) is 0 Å². The number of aliphatic carboxylic acids is 1. The molecule has 1 aromatic carbocycles. The van der Waals surface area contributed by atoms with Crippen LogP contribution in [0.5, 0.6) is 0 Å². The van der Waals surface area contributed by atoms with Crippen molar-refractivity contribution in [1.29, 1.82) is 0 Å². The molecule has 4 N–H and O–H groups in total. The Morgan fingerprint density at radius 3 is 1.91 bits per heavy atom. The summed E-state index contributed by atoms with van der Waals surface area (Å²) in [6, 6.07) is 5.43. The van der Waals surface area contributed by atoms with Crippen molar-refractivity contribution in [3.05, 3.63) is 29.8 Å². The lowest BCUT2D eigenvalue weighted by molar-refractivity contribution is -0.140. The van der Waals surface area contributed by atoms with Gasteiger partial charge < -0.3 is 15.9 Å². The summed E-state index contributed by atoms with van der Waals surface area (Å²) < 4.78 is 27.9. The largest absolute Gasteiger partial charge is 0.480 e. The van der Waals surface area contributed by atoms with Crippen molar-refractivity contribution in [2.24, 2.45) is 5.73 Å². The van der Waals surface area contributed by atoms with E-state index in [9.17, 15) is 13.2 Å². The highest BCUT2D eigenvalue weighted by molar-refractivity contribution is 7.86. The van der Waals surface area contributed by atoms with Gasteiger partial charge in [-0.05, 0) is 39.8 Å². The summed E-state index contributed by atoms with van der Waals surface area (Å²) in [7, 11) is -3.58. The summed E-state index contributed by atoms with van der Waals surface area (Å²) in [5, 5.41) is 16.6. The summed E-state index contributed by atoms with van der Waals surface area (Å²) in [4.78, 5) is 10.1. The Bertz CT molecular complexity index is 566. The van der Waals surface area contributed by atoms with Gasteiger partial charge in [0.2, 0.25) is 0 Å². The Labute approximate surface area is 130 Å². The molecular formula is C14H23NO6S. The van der Waals surface area contributed by atoms with E-state index in [2.05, 4.69) is 0 Å². The molecule has 0 heterocycles. The number of carboxylic acids is 1. The van der Waals surface area contributed by atoms with Gasteiger partial charge in [-0.25, -0.2) is 0 Å². The van der Waals surface area contributed by atoms with E-state index in [1.54, 1.807) is 38.1 Å². The lowest BCUT2D eigenvalue weighted by Gasteiger charge is -2.08. The molecule has 8 heteroatoms. The summed E-state index contributed by atoms with van der Waals surface area (Å²) in [6.07, 6.45) is -1.31. The lowest BCUT2D eigenvalue weighted by Crippen LogP contribution is -2.39. The minimum atomic E-state index is -3.58. The van der Waals surface area contributed by atoms with E-state index in [4.69, 9.17) is 20.1 Å². The molecule has 0 aliphatic heterocycles. The number of carbonyl (C=O) groups is 1. The van der Waals surface area contributed by atoms with E-state index >= 15 is 0 Å². The zero-order chi connectivity index (χ0) is 17.5. The molecule has 1 rings (SSSR count). The van der Waals surface area contributed by atoms with Crippen molar-refractivity contribution in [3.63, 3.8) is 0 Å². The minimum absolute atomic E-state index is 0.205. The van der Waals surface area contributed by atoms with Crippen molar-refractivity contribution in [2.45, 2.75) is 50.8 Å². The van der Waals surface area contributed by atoms with Crippen LogP contribution >= 0.6 is 0 Å². The molecule has 0 radical (unpaired) electrons. The van der Waals surface area contributed by atoms with Gasteiger partial charge in [0, 0.05) is 0 Å². The van der Waals surface area contributed by atoms with Gasteiger partial charge in [0.1, 0.15) is 6.04 Å². The predicted molar refractivity (Wildman–Crippen MR) is 81.9 cm³/mol. The second kappa shape index (κ2) is 8.84. The van der Waals surface area contributed by atoms with Crippen molar-refractivity contribution >= 4 is 16.1 Å². The van der Waals surface area contributed by atoms with Gasteiger partial charge in [0.15, 0.2) is 0 Å². The molecular weight excluding hydrogens is 310 g/mol. The Hall–Kier alpha value is -1.48. The SMILES string of the molecule is CC(O)C(N)C(=O)O.Cc1ccc(S(=O)(=O)OC(C)C)cc1. The van der Waals surface area contributed by atoms with Crippen LogP contribution in [0, 0.1) is 6.92 Å². The Kier molecular flexibility index (Phi) is 8.25. The number of aryl methyl sites for hydroxylation is 1. The molecule has 0 bridgehead atoms. The molecule has 0 aliphatic rings. The van der Waals surface area contributed by atoms with Gasteiger partial charge in [0.25, 0.3) is 10.1 Å². The van der Waals surface area contributed by atoms with Gasteiger partial charge in [-0.3, -0.25) is 8.98 Å². The quantitative estimate of drug-likeness (QED) is 0.683. The van der Waals surface area contributed by atoms with Crippen LogP contribution in [-0.2, 0) is 19.1 Å². The van der Waals surface area contributed by atoms with Crippen LogP contribution in [0.4, 0.5) is 0 Å². The summed E-state index contributed by atoms with van der Waals surface area (Å²) in [5.41, 5.74) is 5.93. The maximum Gasteiger partial charge on any atom is 0.323 e. The topological polar surface area (TPSA) is 127 Å². The molecule has 22 heavy (non-hydrogen) atoms. The highest BCUT2D eigenvalue weighted by Crippen LogP contribution is 2.14. The van der Waals surface area contributed by atoms with E-state index < -0.39 is 28.2 Å².